The molecule has 0 aromatic carbocycles. The molecule has 1 unspecified atom stereocenters. The minimum Gasteiger partial charge on any atom is -0.352 e. The van der Waals surface area contributed by atoms with Crippen molar-refractivity contribution in [1.29, 1.82) is 5.26 Å². The standard InChI is InChI=1S/C12H10F3N3/c13-12(14,15)10-8-18(6-4-9(10)7-16)11-3-1-2-5-17-11/h1-5,10H,6,8H2. The van der Waals surface area contributed by atoms with E-state index in [2.05, 4.69) is 4.98 Å². The van der Waals surface area contributed by atoms with Crippen LogP contribution in [0.25, 0.3) is 0 Å². The van der Waals surface area contributed by atoms with Gasteiger partial charge in [0.25, 0.3) is 0 Å². The highest BCUT2D eigenvalue weighted by Crippen LogP contribution is 2.35. The molecule has 0 spiro atoms. The second-order valence-corrected chi connectivity index (χ2v) is 3.96. The zero-order valence-corrected chi connectivity index (χ0v) is 9.35. The summed E-state index contributed by atoms with van der Waals surface area (Å²) in [5, 5.41) is 8.73. The molecule has 0 fully saturated rings. The lowest BCUT2D eigenvalue weighted by Crippen LogP contribution is -2.41. The number of rotatable bonds is 1. The highest BCUT2D eigenvalue weighted by Gasteiger charge is 2.44. The van der Waals surface area contributed by atoms with E-state index in [0.29, 0.717) is 5.82 Å². The third-order valence-corrected chi connectivity index (χ3v) is 2.81. The van der Waals surface area contributed by atoms with E-state index in [-0.39, 0.29) is 18.7 Å². The van der Waals surface area contributed by atoms with Gasteiger partial charge in [-0.15, -0.1) is 0 Å². The monoisotopic (exact) mass is 253 g/mol. The van der Waals surface area contributed by atoms with E-state index in [0.717, 1.165) is 0 Å². The predicted molar refractivity (Wildman–Crippen MR) is 59.7 cm³/mol. The lowest BCUT2D eigenvalue weighted by Gasteiger charge is -2.32. The third-order valence-electron chi connectivity index (χ3n) is 2.81. The van der Waals surface area contributed by atoms with Gasteiger partial charge in [0.1, 0.15) is 11.7 Å². The molecule has 0 saturated heterocycles. The third kappa shape index (κ3) is 2.45. The van der Waals surface area contributed by atoms with Crippen molar-refractivity contribution in [2.45, 2.75) is 6.18 Å². The lowest BCUT2D eigenvalue weighted by molar-refractivity contribution is -0.161. The van der Waals surface area contributed by atoms with Crippen LogP contribution in [0, 0.1) is 17.2 Å². The van der Waals surface area contributed by atoms with Gasteiger partial charge in [0.05, 0.1) is 6.07 Å². The van der Waals surface area contributed by atoms with E-state index in [1.165, 1.54) is 17.2 Å². The Hall–Kier alpha value is -2.03. The van der Waals surface area contributed by atoms with Crippen LogP contribution in [0.2, 0.25) is 0 Å². The first-order valence-corrected chi connectivity index (χ1v) is 5.35. The van der Waals surface area contributed by atoms with Crippen molar-refractivity contribution < 1.29 is 13.2 Å². The van der Waals surface area contributed by atoms with Crippen LogP contribution in [0.15, 0.2) is 36.0 Å². The molecule has 1 atom stereocenters. The molecular formula is C12H10F3N3. The lowest BCUT2D eigenvalue weighted by atomic mass is 9.95. The first-order chi connectivity index (χ1) is 8.52. The molecule has 2 heterocycles. The number of nitrogens with zero attached hydrogens (tertiary/aromatic N) is 3. The second-order valence-electron chi connectivity index (χ2n) is 3.96. The number of pyridine rings is 1. The van der Waals surface area contributed by atoms with Gasteiger partial charge in [0, 0.05) is 24.9 Å². The van der Waals surface area contributed by atoms with Gasteiger partial charge in [-0.05, 0) is 12.1 Å². The molecule has 0 radical (unpaired) electrons. The molecule has 6 heteroatoms. The van der Waals surface area contributed by atoms with E-state index in [4.69, 9.17) is 5.26 Å². The molecule has 18 heavy (non-hydrogen) atoms. The molecule has 0 amide bonds. The minimum absolute atomic E-state index is 0.213. The van der Waals surface area contributed by atoms with Crippen molar-refractivity contribution in [1.82, 2.24) is 4.98 Å². The Morgan fingerprint density at radius 3 is 2.72 bits per heavy atom. The number of halogens is 3. The molecule has 1 aromatic rings. The van der Waals surface area contributed by atoms with Crippen LogP contribution in [0.4, 0.5) is 19.0 Å². The maximum atomic E-state index is 12.8. The maximum absolute atomic E-state index is 12.8. The predicted octanol–water partition coefficient (Wildman–Crippen LogP) is 2.53. The van der Waals surface area contributed by atoms with Crippen molar-refractivity contribution in [2.75, 3.05) is 18.0 Å². The van der Waals surface area contributed by atoms with E-state index in [1.54, 1.807) is 24.3 Å². The van der Waals surface area contributed by atoms with Gasteiger partial charge in [-0.25, -0.2) is 4.98 Å². The Labute approximate surface area is 102 Å². The van der Waals surface area contributed by atoms with Gasteiger partial charge in [0.2, 0.25) is 0 Å². The van der Waals surface area contributed by atoms with Crippen molar-refractivity contribution >= 4 is 5.82 Å². The van der Waals surface area contributed by atoms with Crippen molar-refractivity contribution in [3.8, 4) is 6.07 Å². The smallest absolute Gasteiger partial charge is 0.352 e. The minimum atomic E-state index is -4.41. The van der Waals surface area contributed by atoms with Crippen LogP contribution < -0.4 is 4.90 Å². The van der Waals surface area contributed by atoms with Gasteiger partial charge < -0.3 is 4.90 Å². The Balaban J connectivity index is 2.26. The molecule has 0 saturated carbocycles. The Morgan fingerprint density at radius 2 is 2.17 bits per heavy atom. The largest absolute Gasteiger partial charge is 0.398 e. The maximum Gasteiger partial charge on any atom is 0.398 e. The van der Waals surface area contributed by atoms with Crippen LogP contribution in [0.5, 0.6) is 0 Å². The summed E-state index contributed by atoms with van der Waals surface area (Å²) in [6, 6.07) is 6.69. The fourth-order valence-corrected chi connectivity index (χ4v) is 1.88. The van der Waals surface area contributed by atoms with Gasteiger partial charge >= 0.3 is 6.18 Å². The Morgan fingerprint density at radius 1 is 1.39 bits per heavy atom. The summed E-state index contributed by atoms with van der Waals surface area (Å²) < 4.78 is 38.5. The molecule has 1 aliphatic heterocycles. The van der Waals surface area contributed by atoms with Crippen molar-refractivity contribution in [3.05, 3.63) is 36.0 Å². The van der Waals surface area contributed by atoms with Gasteiger partial charge in [0.15, 0.2) is 0 Å². The summed E-state index contributed by atoms with van der Waals surface area (Å²) in [7, 11) is 0. The Bertz CT molecular complexity index is 488. The first kappa shape index (κ1) is 12.4. The highest BCUT2D eigenvalue weighted by molar-refractivity contribution is 5.43. The summed E-state index contributed by atoms with van der Waals surface area (Å²) in [6.45, 7) is 0.00634. The van der Waals surface area contributed by atoms with E-state index >= 15 is 0 Å². The van der Waals surface area contributed by atoms with Crippen LogP contribution in [-0.4, -0.2) is 24.2 Å². The normalized spacial score (nSPS) is 20.2. The second kappa shape index (κ2) is 4.69. The molecule has 0 N–H and O–H groups in total. The van der Waals surface area contributed by atoms with Crippen LogP contribution >= 0.6 is 0 Å². The fourth-order valence-electron chi connectivity index (χ4n) is 1.88. The van der Waals surface area contributed by atoms with Crippen LogP contribution in [-0.2, 0) is 0 Å². The number of aromatic nitrogens is 1. The number of hydrogen-bond acceptors (Lipinski definition) is 3. The average molecular weight is 253 g/mol. The van der Waals surface area contributed by atoms with Crippen LogP contribution in [0.1, 0.15) is 0 Å². The average Bonchev–Trinajstić information content (AvgIpc) is 2.38. The Kier molecular flexibility index (Phi) is 3.24. The zero-order valence-electron chi connectivity index (χ0n) is 9.35. The molecule has 0 aliphatic carbocycles. The topological polar surface area (TPSA) is 39.9 Å². The summed E-state index contributed by atoms with van der Waals surface area (Å²) in [6.07, 6.45) is -1.56. The summed E-state index contributed by atoms with van der Waals surface area (Å²) in [4.78, 5) is 5.53. The molecule has 2 rings (SSSR count). The van der Waals surface area contributed by atoms with Crippen molar-refractivity contribution in [2.24, 2.45) is 5.92 Å². The zero-order chi connectivity index (χ0) is 13.2. The number of anilines is 1. The van der Waals surface area contributed by atoms with Gasteiger partial charge in [-0.3, -0.25) is 0 Å². The summed E-state index contributed by atoms with van der Waals surface area (Å²) in [5.41, 5.74) is -0.213. The number of hydrogen-bond donors (Lipinski definition) is 0. The molecular weight excluding hydrogens is 243 g/mol. The number of nitriles is 1. The van der Waals surface area contributed by atoms with Gasteiger partial charge in [-0.1, -0.05) is 12.1 Å². The summed E-state index contributed by atoms with van der Waals surface area (Å²) in [5.74, 6) is -1.25. The quantitative estimate of drug-likeness (QED) is 0.772. The van der Waals surface area contributed by atoms with Crippen LogP contribution in [0.3, 0.4) is 0 Å². The number of alkyl halides is 3. The SMILES string of the molecule is N#CC1=CCN(c2ccccn2)CC1C(F)(F)F. The molecule has 0 bridgehead atoms. The summed E-state index contributed by atoms with van der Waals surface area (Å²) >= 11 is 0. The van der Waals surface area contributed by atoms with E-state index in [1.807, 2.05) is 0 Å². The first-order valence-electron chi connectivity index (χ1n) is 5.35. The molecule has 3 nitrogen and oxygen atoms in total. The van der Waals surface area contributed by atoms with E-state index in [9.17, 15) is 13.2 Å². The van der Waals surface area contributed by atoms with Crippen molar-refractivity contribution in [3.63, 3.8) is 0 Å². The highest BCUT2D eigenvalue weighted by atomic mass is 19.4. The molecule has 94 valence electrons. The molecule has 1 aliphatic rings. The molecule has 1 aromatic heterocycles. The fraction of sp³-hybridized carbons (Fsp3) is 0.333. The van der Waals surface area contributed by atoms with E-state index < -0.39 is 12.1 Å². The van der Waals surface area contributed by atoms with Gasteiger partial charge in [-0.2, -0.15) is 18.4 Å².